The number of methoxy groups -OCH3 is 1. The van der Waals surface area contributed by atoms with E-state index < -0.39 is 22.8 Å². The minimum absolute atomic E-state index is 0.0813. The lowest BCUT2D eigenvalue weighted by molar-refractivity contribution is -0.146. The van der Waals surface area contributed by atoms with Crippen LogP contribution in [0.3, 0.4) is 0 Å². The van der Waals surface area contributed by atoms with Gasteiger partial charge in [-0.3, -0.25) is 14.2 Å². The number of aliphatic carboxylic acids is 1. The molecule has 0 bridgehead atoms. The molecule has 11 nitrogen and oxygen atoms in total. The van der Waals surface area contributed by atoms with E-state index in [0.29, 0.717) is 52.6 Å². The maximum Gasteiger partial charge on any atom is 0.333 e. The Balaban J connectivity index is 1.49. The quantitative estimate of drug-likeness (QED) is 0.294. The minimum atomic E-state index is -1.81. The van der Waals surface area contributed by atoms with Gasteiger partial charge in [0.2, 0.25) is 5.89 Å². The van der Waals surface area contributed by atoms with E-state index in [1.54, 1.807) is 14.0 Å². The first-order valence-electron chi connectivity index (χ1n) is 14.3. The smallest absolute Gasteiger partial charge is 0.333 e. The van der Waals surface area contributed by atoms with Crippen molar-refractivity contribution in [2.24, 2.45) is 5.92 Å². The second-order valence-corrected chi connectivity index (χ2v) is 12.7. The second-order valence-electron chi connectivity index (χ2n) is 11.7. The summed E-state index contributed by atoms with van der Waals surface area (Å²) in [5.41, 5.74) is -1.69. The number of carboxylic acid groups (broad SMARTS) is 1. The fraction of sp³-hybridized carbons (Fsp3) is 0.452. The lowest BCUT2D eigenvalue weighted by atomic mass is 9.96. The van der Waals surface area contributed by atoms with Gasteiger partial charge in [-0.25, -0.2) is 19.1 Å². The fourth-order valence-corrected chi connectivity index (χ4v) is 7.45. The molecule has 0 amide bonds. The summed E-state index contributed by atoms with van der Waals surface area (Å²) in [6, 6.07) is 7.67. The Morgan fingerprint density at radius 2 is 1.91 bits per heavy atom. The van der Waals surface area contributed by atoms with Crippen molar-refractivity contribution in [1.82, 2.24) is 14.1 Å². The molecule has 0 aliphatic heterocycles. The Kier molecular flexibility index (Phi) is 7.37. The average molecular weight is 608 g/mol. The predicted octanol–water partition coefficient (Wildman–Crippen LogP) is 4.33. The van der Waals surface area contributed by atoms with Crippen LogP contribution in [0.1, 0.15) is 56.6 Å². The zero-order valence-electron chi connectivity index (χ0n) is 24.4. The predicted molar refractivity (Wildman–Crippen MR) is 159 cm³/mol. The largest absolute Gasteiger partial charge is 0.496 e. The van der Waals surface area contributed by atoms with Gasteiger partial charge in [0.05, 0.1) is 35.8 Å². The fourth-order valence-electron chi connectivity index (χ4n) is 6.21. The lowest BCUT2D eigenvalue weighted by Gasteiger charge is -2.23. The summed E-state index contributed by atoms with van der Waals surface area (Å²) in [4.78, 5) is 57.4. The van der Waals surface area contributed by atoms with E-state index in [9.17, 15) is 24.3 Å². The molecule has 2 unspecified atom stereocenters. The third kappa shape index (κ3) is 4.92. The lowest BCUT2D eigenvalue weighted by Crippen LogP contribution is -2.52. The average Bonchev–Trinajstić information content (AvgIpc) is 3.27. The van der Waals surface area contributed by atoms with Crippen molar-refractivity contribution < 1.29 is 28.6 Å². The Morgan fingerprint density at radius 1 is 1.19 bits per heavy atom. The summed E-state index contributed by atoms with van der Waals surface area (Å²) in [6.45, 7) is 4.61. The number of carboxylic acids is 1. The zero-order valence-corrected chi connectivity index (χ0v) is 25.2. The number of nitrogens with zero attached hydrogens (tertiary/aromatic N) is 3. The molecule has 3 aromatic heterocycles. The van der Waals surface area contributed by atoms with Crippen LogP contribution in [0.4, 0.5) is 0 Å². The number of hydrogen-bond acceptors (Lipinski definition) is 9. The van der Waals surface area contributed by atoms with Crippen LogP contribution in [0.5, 0.6) is 5.75 Å². The molecule has 4 aromatic rings. The van der Waals surface area contributed by atoms with Crippen molar-refractivity contribution in [3.05, 3.63) is 68.7 Å². The first-order valence-corrected chi connectivity index (χ1v) is 15.1. The molecule has 12 heteroatoms. The maximum absolute atomic E-state index is 14.2. The Morgan fingerprint density at radius 3 is 2.56 bits per heavy atom. The van der Waals surface area contributed by atoms with Crippen LogP contribution < -0.4 is 16.0 Å². The van der Waals surface area contributed by atoms with Crippen molar-refractivity contribution >= 4 is 33.3 Å². The van der Waals surface area contributed by atoms with Crippen LogP contribution >= 0.6 is 11.3 Å². The molecule has 2 saturated carbocycles. The summed E-state index contributed by atoms with van der Waals surface area (Å²) >= 11 is 1.22. The van der Waals surface area contributed by atoms with E-state index in [1.165, 1.54) is 42.2 Å². The first kappa shape index (κ1) is 29.1. The summed E-state index contributed by atoms with van der Waals surface area (Å²) < 4.78 is 20.1. The van der Waals surface area contributed by atoms with Gasteiger partial charge in [-0.2, -0.15) is 0 Å². The van der Waals surface area contributed by atoms with Crippen molar-refractivity contribution in [2.75, 3.05) is 7.11 Å². The summed E-state index contributed by atoms with van der Waals surface area (Å²) in [7, 11) is 1.61. The molecule has 2 aliphatic carbocycles. The van der Waals surface area contributed by atoms with Gasteiger partial charge in [0.15, 0.2) is 0 Å². The molecule has 0 radical (unpaired) electrons. The summed E-state index contributed by atoms with van der Waals surface area (Å²) in [5, 5.41) is 10.3. The van der Waals surface area contributed by atoms with E-state index in [1.807, 2.05) is 24.3 Å². The van der Waals surface area contributed by atoms with Crippen molar-refractivity contribution in [3.8, 4) is 16.5 Å². The van der Waals surface area contributed by atoms with Crippen LogP contribution in [0.2, 0.25) is 0 Å². The molecule has 43 heavy (non-hydrogen) atoms. The number of thiophene rings is 1. The van der Waals surface area contributed by atoms with E-state index >= 15 is 0 Å². The molecule has 1 N–H and O–H groups in total. The normalized spacial score (nSPS) is 20.9. The van der Waals surface area contributed by atoms with E-state index in [0.717, 1.165) is 10.1 Å². The van der Waals surface area contributed by atoms with Gasteiger partial charge in [0.25, 0.3) is 5.56 Å². The van der Waals surface area contributed by atoms with E-state index in [-0.39, 0.29) is 41.8 Å². The molecule has 2 aliphatic rings. The number of ether oxygens (including phenoxy) is 2. The number of oxazole rings is 1. The number of ketones is 1. The van der Waals surface area contributed by atoms with Crippen LogP contribution in [-0.4, -0.2) is 50.3 Å². The van der Waals surface area contributed by atoms with Gasteiger partial charge in [-0.05, 0) is 45.2 Å². The Bertz CT molecular complexity index is 1820. The monoisotopic (exact) mass is 607 g/mol. The molecular weight excluding hydrogens is 574 g/mol. The number of Topliss-reactive ketones (excluding diaryl/α,β-unsaturated/α-hetero) is 1. The SMILES string of the molecule is COc1ccccc1C1C(Cn2c(=O)n(C(C)(C)C(=O)O)c(=O)c3c(C)c(-c4ncco4)sc32)[C@H]1OC1CCC(=O)CC1. The molecule has 6 rings (SSSR count). The number of aryl methyl sites for hydroxylation is 1. The van der Waals surface area contributed by atoms with Gasteiger partial charge < -0.3 is 19.0 Å². The Labute approximate surface area is 250 Å². The van der Waals surface area contributed by atoms with E-state index in [4.69, 9.17) is 13.9 Å². The van der Waals surface area contributed by atoms with Crippen LogP contribution in [0.15, 0.2) is 50.7 Å². The minimum Gasteiger partial charge on any atom is -0.496 e. The number of aromatic nitrogens is 3. The van der Waals surface area contributed by atoms with Gasteiger partial charge >= 0.3 is 11.7 Å². The number of fused-ring (bicyclic) bond motifs is 1. The van der Waals surface area contributed by atoms with Crippen LogP contribution in [0.25, 0.3) is 21.0 Å². The molecule has 2 fully saturated rings. The number of carbonyl (C=O) groups excluding carboxylic acids is 1. The van der Waals surface area contributed by atoms with Gasteiger partial charge in [0.1, 0.15) is 28.2 Å². The molecule has 0 spiro atoms. The molecule has 3 heterocycles. The molecule has 3 atom stereocenters. The zero-order chi connectivity index (χ0) is 30.6. The van der Waals surface area contributed by atoms with Crippen LogP contribution in [0, 0.1) is 12.8 Å². The molecular formula is C31H33N3O8S. The van der Waals surface area contributed by atoms with Gasteiger partial charge in [-0.1, -0.05) is 18.2 Å². The highest BCUT2D eigenvalue weighted by Gasteiger charge is 2.55. The highest BCUT2D eigenvalue weighted by Crippen LogP contribution is 2.54. The van der Waals surface area contributed by atoms with Crippen molar-refractivity contribution in [2.45, 2.75) is 76.7 Å². The number of carbonyl (C=O) groups is 2. The molecule has 226 valence electrons. The first-order chi connectivity index (χ1) is 20.5. The van der Waals surface area contributed by atoms with Gasteiger partial charge in [-0.15, -0.1) is 11.3 Å². The topological polar surface area (TPSA) is 143 Å². The molecule has 1 aromatic carbocycles. The van der Waals surface area contributed by atoms with E-state index in [2.05, 4.69) is 4.98 Å². The highest BCUT2D eigenvalue weighted by molar-refractivity contribution is 7.22. The number of para-hydroxylation sites is 1. The highest BCUT2D eigenvalue weighted by atomic mass is 32.1. The second kappa shape index (κ2) is 10.9. The summed E-state index contributed by atoms with van der Waals surface area (Å²) in [6.07, 6.45) is 4.84. The van der Waals surface area contributed by atoms with Crippen molar-refractivity contribution in [1.29, 1.82) is 0 Å². The number of hydrogen-bond donors (Lipinski definition) is 1. The Hall–Kier alpha value is -4.03. The van der Waals surface area contributed by atoms with Crippen molar-refractivity contribution in [3.63, 3.8) is 0 Å². The maximum atomic E-state index is 14.2. The standard InChI is InChI=1S/C31H33N3O8S/c1-16-22-27(36)34(31(2,3)29(37)38)30(39)33(28(22)43-25(16)26-32-13-14-41-26)15-20-23(19-7-5-6-8-21(19)40-4)24(20)42-18-11-9-17(35)10-12-18/h5-8,13-14,18,20,23-24H,9-12,15H2,1-4H3,(H,37,38)/t20?,23?,24-/m1/s1. The summed E-state index contributed by atoms with van der Waals surface area (Å²) in [5.74, 6) is -0.342. The van der Waals surface area contributed by atoms with Crippen LogP contribution in [-0.2, 0) is 26.4 Å². The van der Waals surface area contributed by atoms with Gasteiger partial charge in [0, 0.05) is 36.8 Å². The number of rotatable bonds is 9. The third-order valence-corrected chi connectivity index (χ3v) is 10.1. The number of benzene rings is 1. The molecule has 0 saturated heterocycles. The third-order valence-electron chi connectivity index (χ3n) is 8.75.